The molecule has 0 N–H and O–H groups in total. The molecule has 0 saturated carbocycles. The lowest BCUT2D eigenvalue weighted by atomic mass is 10.2. The number of esters is 1. The van der Waals surface area contributed by atoms with Gasteiger partial charge in [-0.25, -0.2) is 14.3 Å². The highest BCUT2D eigenvalue weighted by atomic mass is 16.5. The molecule has 0 unspecified atom stereocenters. The van der Waals surface area contributed by atoms with Gasteiger partial charge in [0.25, 0.3) is 0 Å². The minimum absolute atomic E-state index is 0.319. The first-order chi connectivity index (χ1) is 7.24. The average molecular weight is 205 g/mol. The third kappa shape index (κ3) is 1.56. The zero-order valence-corrected chi connectivity index (χ0v) is 8.60. The normalized spacial score (nSPS) is 10.5. The van der Waals surface area contributed by atoms with E-state index in [4.69, 9.17) is 4.74 Å². The Labute approximate surface area is 86.7 Å². The van der Waals surface area contributed by atoms with Gasteiger partial charge in [0.05, 0.1) is 23.9 Å². The van der Waals surface area contributed by atoms with Crippen molar-refractivity contribution in [2.45, 2.75) is 13.8 Å². The number of fused-ring (bicyclic) bond motifs is 1. The fourth-order valence-corrected chi connectivity index (χ4v) is 1.45. The van der Waals surface area contributed by atoms with Gasteiger partial charge in [0.15, 0.2) is 0 Å². The van der Waals surface area contributed by atoms with Crippen LogP contribution in [0, 0.1) is 6.92 Å². The molecule has 0 fully saturated rings. The molecule has 0 bridgehead atoms. The molecule has 0 radical (unpaired) electrons. The van der Waals surface area contributed by atoms with E-state index in [9.17, 15) is 4.79 Å². The summed E-state index contributed by atoms with van der Waals surface area (Å²) in [4.78, 5) is 15.5. The molecule has 0 amide bonds. The number of aryl methyl sites for hydroxylation is 1. The van der Waals surface area contributed by atoms with Crippen molar-refractivity contribution in [3.63, 3.8) is 0 Å². The zero-order chi connectivity index (χ0) is 10.8. The highest BCUT2D eigenvalue weighted by Crippen LogP contribution is 2.16. The first kappa shape index (κ1) is 9.64. The van der Waals surface area contributed by atoms with Gasteiger partial charge in [0.2, 0.25) is 0 Å². The number of hydrogen-bond acceptors (Lipinski definition) is 4. The van der Waals surface area contributed by atoms with E-state index in [1.54, 1.807) is 23.8 Å². The van der Waals surface area contributed by atoms with Crippen LogP contribution in [0.2, 0.25) is 0 Å². The molecule has 2 aromatic heterocycles. The molecule has 15 heavy (non-hydrogen) atoms. The van der Waals surface area contributed by atoms with Crippen molar-refractivity contribution in [3.05, 3.63) is 29.8 Å². The van der Waals surface area contributed by atoms with Gasteiger partial charge < -0.3 is 4.74 Å². The number of rotatable bonds is 2. The Morgan fingerprint density at radius 1 is 1.60 bits per heavy atom. The monoisotopic (exact) mass is 205 g/mol. The summed E-state index contributed by atoms with van der Waals surface area (Å²) in [6.07, 6.45) is 4.76. The average Bonchev–Trinajstić information content (AvgIpc) is 2.57. The first-order valence-corrected chi connectivity index (χ1v) is 4.69. The van der Waals surface area contributed by atoms with E-state index < -0.39 is 0 Å². The van der Waals surface area contributed by atoms with Crippen molar-refractivity contribution in [2.24, 2.45) is 0 Å². The third-order valence-corrected chi connectivity index (χ3v) is 2.22. The molecule has 78 valence electrons. The van der Waals surface area contributed by atoms with E-state index in [2.05, 4.69) is 10.1 Å². The van der Waals surface area contributed by atoms with Crippen LogP contribution in [0.1, 0.15) is 22.8 Å². The van der Waals surface area contributed by atoms with Gasteiger partial charge in [-0.05, 0) is 19.4 Å². The van der Waals surface area contributed by atoms with Crippen molar-refractivity contribution in [1.29, 1.82) is 0 Å². The number of carbonyl (C=O) groups excluding carboxylic acids is 1. The van der Waals surface area contributed by atoms with Gasteiger partial charge in [-0.3, -0.25) is 0 Å². The van der Waals surface area contributed by atoms with Crippen molar-refractivity contribution >= 4 is 11.5 Å². The fraction of sp³-hybridized carbons (Fsp3) is 0.300. The molecule has 2 heterocycles. The van der Waals surface area contributed by atoms with Crippen molar-refractivity contribution in [2.75, 3.05) is 6.61 Å². The van der Waals surface area contributed by atoms with Gasteiger partial charge in [-0.15, -0.1) is 0 Å². The molecule has 0 saturated heterocycles. The Morgan fingerprint density at radius 3 is 3.07 bits per heavy atom. The summed E-state index contributed by atoms with van der Waals surface area (Å²) < 4.78 is 6.56. The molecule has 0 aliphatic rings. The summed E-state index contributed by atoms with van der Waals surface area (Å²) in [7, 11) is 0. The lowest BCUT2D eigenvalue weighted by Crippen LogP contribution is -2.04. The van der Waals surface area contributed by atoms with Crippen LogP contribution in [0.5, 0.6) is 0 Å². The second kappa shape index (κ2) is 3.68. The Balaban J connectivity index is 2.53. The molecule has 5 heteroatoms. The predicted octanol–water partition coefficient (Wildman–Crippen LogP) is 1.21. The van der Waals surface area contributed by atoms with Crippen LogP contribution >= 0.6 is 0 Å². The van der Waals surface area contributed by atoms with Crippen molar-refractivity contribution < 1.29 is 9.53 Å². The highest BCUT2D eigenvalue weighted by molar-refractivity contribution is 5.93. The third-order valence-electron chi connectivity index (χ3n) is 2.22. The van der Waals surface area contributed by atoms with E-state index in [0.29, 0.717) is 12.2 Å². The lowest BCUT2D eigenvalue weighted by molar-refractivity contribution is 0.0525. The van der Waals surface area contributed by atoms with Crippen molar-refractivity contribution in [1.82, 2.24) is 14.6 Å². The zero-order valence-electron chi connectivity index (χ0n) is 8.60. The van der Waals surface area contributed by atoms with Gasteiger partial charge in [-0.2, -0.15) is 5.10 Å². The topological polar surface area (TPSA) is 56.5 Å². The largest absolute Gasteiger partial charge is 0.462 e. The maximum absolute atomic E-state index is 11.6. The molecule has 0 aliphatic heterocycles. The Hall–Kier alpha value is -1.91. The Bertz CT molecular complexity index is 504. The second-order valence-electron chi connectivity index (χ2n) is 3.13. The number of aromatic nitrogens is 3. The standard InChI is InChI=1S/C10H11N3O2/c1-3-15-10(14)8-5-13-9(7(8)2)4-11-6-12-13/h4-6H,3H2,1-2H3. The summed E-state index contributed by atoms with van der Waals surface area (Å²) >= 11 is 0. The van der Waals surface area contributed by atoms with Gasteiger partial charge in [0.1, 0.15) is 6.33 Å². The maximum Gasteiger partial charge on any atom is 0.340 e. The van der Waals surface area contributed by atoms with Crippen LogP contribution in [0.3, 0.4) is 0 Å². The van der Waals surface area contributed by atoms with Gasteiger partial charge in [0, 0.05) is 6.20 Å². The summed E-state index contributed by atoms with van der Waals surface area (Å²) in [5.41, 5.74) is 2.20. The lowest BCUT2D eigenvalue weighted by Gasteiger charge is -1.98. The van der Waals surface area contributed by atoms with Crippen LogP contribution < -0.4 is 0 Å². The molecule has 5 nitrogen and oxygen atoms in total. The summed E-state index contributed by atoms with van der Waals surface area (Å²) in [5.74, 6) is -0.319. The second-order valence-corrected chi connectivity index (χ2v) is 3.13. The van der Waals surface area contributed by atoms with E-state index in [1.165, 1.54) is 6.33 Å². The minimum atomic E-state index is -0.319. The van der Waals surface area contributed by atoms with E-state index in [-0.39, 0.29) is 5.97 Å². The van der Waals surface area contributed by atoms with Crippen LogP contribution in [0.4, 0.5) is 0 Å². The minimum Gasteiger partial charge on any atom is -0.462 e. The van der Waals surface area contributed by atoms with Gasteiger partial charge >= 0.3 is 5.97 Å². The molecular formula is C10H11N3O2. The first-order valence-electron chi connectivity index (χ1n) is 4.69. The van der Waals surface area contributed by atoms with E-state index in [1.807, 2.05) is 6.92 Å². The highest BCUT2D eigenvalue weighted by Gasteiger charge is 2.15. The number of hydrogen-bond donors (Lipinski definition) is 0. The maximum atomic E-state index is 11.6. The molecule has 0 atom stereocenters. The molecule has 0 aromatic carbocycles. The van der Waals surface area contributed by atoms with Crippen LogP contribution in [-0.4, -0.2) is 27.2 Å². The molecule has 0 aliphatic carbocycles. The number of ether oxygens (including phenoxy) is 1. The van der Waals surface area contributed by atoms with Gasteiger partial charge in [-0.1, -0.05) is 0 Å². The SMILES string of the molecule is CCOC(=O)c1cn2ncncc2c1C. The van der Waals surface area contributed by atoms with Crippen LogP contribution in [0.25, 0.3) is 5.52 Å². The fourth-order valence-electron chi connectivity index (χ4n) is 1.45. The van der Waals surface area contributed by atoms with Crippen LogP contribution in [0.15, 0.2) is 18.7 Å². The summed E-state index contributed by atoms with van der Waals surface area (Å²) in [6, 6.07) is 0. The molecule has 2 aromatic rings. The summed E-state index contributed by atoms with van der Waals surface area (Å²) in [5, 5.41) is 4.00. The molecular weight excluding hydrogens is 194 g/mol. The Morgan fingerprint density at radius 2 is 2.40 bits per heavy atom. The number of carbonyl (C=O) groups is 1. The van der Waals surface area contributed by atoms with Crippen LogP contribution in [-0.2, 0) is 4.74 Å². The molecule has 0 spiro atoms. The quantitative estimate of drug-likeness (QED) is 0.691. The predicted molar refractivity (Wildman–Crippen MR) is 53.7 cm³/mol. The van der Waals surface area contributed by atoms with E-state index in [0.717, 1.165) is 11.1 Å². The number of nitrogens with zero attached hydrogens (tertiary/aromatic N) is 3. The van der Waals surface area contributed by atoms with Crippen molar-refractivity contribution in [3.8, 4) is 0 Å². The molecule has 2 rings (SSSR count). The van der Waals surface area contributed by atoms with E-state index >= 15 is 0 Å². The summed E-state index contributed by atoms with van der Waals surface area (Å²) in [6.45, 7) is 4.00. The Kier molecular flexibility index (Phi) is 2.37. The smallest absolute Gasteiger partial charge is 0.340 e.